The third-order valence-corrected chi connectivity index (χ3v) is 2.77. The van der Waals surface area contributed by atoms with Crippen molar-refractivity contribution in [2.45, 2.75) is 25.9 Å². The van der Waals surface area contributed by atoms with Crippen LogP contribution < -0.4 is 5.32 Å². The number of unbranched alkanes of at least 4 members (excludes halogenated alkanes) is 1. The predicted octanol–water partition coefficient (Wildman–Crippen LogP) is 2.06. The van der Waals surface area contributed by atoms with Crippen LogP contribution in [0.2, 0.25) is 0 Å². The average Bonchev–Trinajstić information content (AvgIpc) is 2.70. The van der Waals surface area contributed by atoms with Gasteiger partial charge in [0, 0.05) is 37.3 Å². The molecule has 4 nitrogen and oxygen atoms in total. The Bertz CT molecular complexity index is 536. The fraction of sp³-hybridized carbons (Fsp3) is 0.385. The van der Waals surface area contributed by atoms with Gasteiger partial charge < -0.3 is 9.88 Å². The van der Waals surface area contributed by atoms with Gasteiger partial charge in [-0.05, 0) is 31.2 Å². The van der Waals surface area contributed by atoms with E-state index in [0.717, 1.165) is 25.2 Å². The number of nitriles is 1. The summed E-state index contributed by atoms with van der Waals surface area (Å²) in [5.41, 5.74) is 2.27. The molecule has 0 aromatic carbocycles. The normalized spacial score (nSPS) is 10.6. The van der Waals surface area contributed by atoms with Crippen molar-refractivity contribution < 1.29 is 0 Å². The Kier molecular flexibility index (Phi) is 3.73. The summed E-state index contributed by atoms with van der Waals surface area (Å²) in [6.07, 6.45) is 5.40. The number of aromatic nitrogens is 2. The third-order valence-electron chi connectivity index (χ3n) is 2.77. The largest absolute Gasteiger partial charge is 0.332 e. The summed E-state index contributed by atoms with van der Waals surface area (Å²) in [6.45, 7) is 1.69. The van der Waals surface area contributed by atoms with E-state index in [1.165, 1.54) is 10.9 Å². The molecule has 2 rings (SSSR count). The number of aryl methyl sites for hydroxylation is 1. The summed E-state index contributed by atoms with van der Waals surface area (Å²) < 4.78 is 2.14. The molecule has 0 atom stereocenters. The molecule has 0 radical (unpaired) electrons. The Balaban J connectivity index is 2.32. The topological polar surface area (TPSA) is 53.6 Å². The van der Waals surface area contributed by atoms with E-state index < -0.39 is 0 Å². The number of fused-ring (bicyclic) bond motifs is 1. The van der Waals surface area contributed by atoms with Crippen molar-refractivity contribution in [1.82, 2.24) is 14.9 Å². The third kappa shape index (κ3) is 2.45. The van der Waals surface area contributed by atoms with Gasteiger partial charge >= 0.3 is 0 Å². The summed E-state index contributed by atoms with van der Waals surface area (Å²) >= 11 is 0. The van der Waals surface area contributed by atoms with Crippen molar-refractivity contribution in [3.05, 3.63) is 30.1 Å². The second kappa shape index (κ2) is 5.46. The smallest absolute Gasteiger partial charge is 0.140 e. The summed E-state index contributed by atoms with van der Waals surface area (Å²) in [6, 6.07) is 6.22. The molecule has 0 amide bonds. The summed E-state index contributed by atoms with van der Waals surface area (Å²) in [5.74, 6) is 0. The van der Waals surface area contributed by atoms with Crippen LogP contribution in [0.25, 0.3) is 11.0 Å². The number of rotatable bonds is 5. The molecule has 2 heterocycles. The maximum Gasteiger partial charge on any atom is 0.140 e. The fourth-order valence-electron chi connectivity index (χ4n) is 2.03. The van der Waals surface area contributed by atoms with Gasteiger partial charge in [-0.2, -0.15) is 5.26 Å². The number of hydrogen-bond donors (Lipinski definition) is 1. The molecule has 0 aliphatic heterocycles. The Hall–Kier alpha value is -1.86. The Labute approximate surface area is 101 Å². The molecular formula is C13H16N4. The molecular weight excluding hydrogens is 212 g/mol. The fourth-order valence-corrected chi connectivity index (χ4v) is 2.03. The van der Waals surface area contributed by atoms with Crippen molar-refractivity contribution in [3.8, 4) is 6.07 Å². The second-order valence-corrected chi connectivity index (χ2v) is 4.01. The lowest BCUT2D eigenvalue weighted by molar-refractivity contribution is 0.665. The molecule has 4 heteroatoms. The highest BCUT2D eigenvalue weighted by atomic mass is 15.0. The number of pyridine rings is 1. The van der Waals surface area contributed by atoms with Crippen LogP contribution in [0, 0.1) is 11.3 Å². The van der Waals surface area contributed by atoms with E-state index in [2.05, 4.69) is 33.2 Å². The van der Waals surface area contributed by atoms with E-state index in [0.29, 0.717) is 6.42 Å². The van der Waals surface area contributed by atoms with Crippen LogP contribution in [0.15, 0.2) is 24.5 Å². The van der Waals surface area contributed by atoms with Gasteiger partial charge in [0.05, 0.1) is 6.07 Å². The van der Waals surface area contributed by atoms with Crippen LogP contribution in [0.3, 0.4) is 0 Å². The first kappa shape index (κ1) is 11.6. The summed E-state index contributed by atoms with van der Waals surface area (Å²) in [4.78, 5) is 4.42. The number of hydrogen-bond acceptors (Lipinski definition) is 3. The zero-order chi connectivity index (χ0) is 12.1. The lowest BCUT2D eigenvalue weighted by Crippen LogP contribution is -2.04. The van der Waals surface area contributed by atoms with Gasteiger partial charge in [-0.3, -0.25) is 0 Å². The molecule has 0 fully saturated rings. The van der Waals surface area contributed by atoms with Crippen molar-refractivity contribution in [2.75, 3.05) is 7.05 Å². The van der Waals surface area contributed by atoms with Crippen LogP contribution in [0.5, 0.6) is 0 Å². The average molecular weight is 228 g/mol. The molecule has 17 heavy (non-hydrogen) atoms. The lowest BCUT2D eigenvalue weighted by Gasteiger charge is -2.01. The molecule has 1 N–H and O–H groups in total. The van der Waals surface area contributed by atoms with Crippen LogP contribution in [-0.2, 0) is 13.1 Å². The maximum atomic E-state index is 8.56. The van der Waals surface area contributed by atoms with E-state index in [4.69, 9.17) is 5.26 Å². The minimum Gasteiger partial charge on any atom is -0.332 e. The quantitative estimate of drug-likeness (QED) is 0.797. The Morgan fingerprint density at radius 3 is 3.18 bits per heavy atom. The molecule has 0 aliphatic carbocycles. The molecule has 88 valence electrons. The molecule has 0 spiro atoms. The predicted molar refractivity (Wildman–Crippen MR) is 67.3 cm³/mol. The monoisotopic (exact) mass is 228 g/mol. The molecule has 2 aromatic heterocycles. The highest BCUT2D eigenvalue weighted by Gasteiger charge is 2.07. The van der Waals surface area contributed by atoms with Crippen LogP contribution in [-0.4, -0.2) is 16.6 Å². The first-order valence-corrected chi connectivity index (χ1v) is 5.81. The van der Waals surface area contributed by atoms with Crippen molar-refractivity contribution in [2.24, 2.45) is 0 Å². The van der Waals surface area contributed by atoms with Crippen LogP contribution in [0.4, 0.5) is 0 Å². The maximum absolute atomic E-state index is 8.56. The highest BCUT2D eigenvalue weighted by Crippen LogP contribution is 2.19. The molecule has 2 aromatic rings. The summed E-state index contributed by atoms with van der Waals surface area (Å²) in [5, 5.41) is 12.9. The second-order valence-electron chi connectivity index (χ2n) is 4.01. The van der Waals surface area contributed by atoms with Gasteiger partial charge in [-0.1, -0.05) is 0 Å². The van der Waals surface area contributed by atoms with E-state index in [-0.39, 0.29) is 0 Å². The molecule has 0 unspecified atom stereocenters. The zero-order valence-corrected chi connectivity index (χ0v) is 9.98. The van der Waals surface area contributed by atoms with Gasteiger partial charge in [-0.15, -0.1) is 0 Å². The van der Waals surface area contributed by atoms with Crippen molar-refractivity contribution >= 4 is 11.0 Å². The van der Waals surface area contributed by atoms with Crippen LogP contribution >= 0.6 is 0 Å². The standard InChI is InChI=1S/C13H16N4/c1-15-9-11-10-17(8-3-2-6-14)13-12(11)5-4-7-16-13/h4-5,7,10,15H,2-3,8-9H2,1H3. The first-order chi connectivity index (χ1) is 8.36. The molecule has 0 saturated carbocycles. The van der Waals surface area contributed by atoms with E-state index in [1.807, 2.05) is 19.3 Å². The van der Waals surface area contributed by atoms with Gasteiger partial charge in [0.15, 0.2) is 0 Å². The van der Waals surface area contributed by atoms with E-state index >= 15 is 0 Å². The van der Waals surface area contributed by atoms with E-state index in [9.17, 15) is 0 Å². The molecule has 0 aliphatic rings. The SMILES string of the molecule is CNCc1cn(CCCC#N)c2ncccc12. The van der Waals surface area contributed by atoms with Crippen LogP contribution in [0.1, 0.15) is 18.4 Å². The number of nitrogens with one attached hydrogen (secondary N) is 1. The van der Waals surface area contributed by atoms with Gasteiger partial charge in [0.2, 0.25) is 0 Å². The van der Waals surface area contributed by atoms with Crippen molar-refractivity contribution in [1.29, 1.82) is 5.26 Å². The summed E-state index contributed by atoms with van der Waals surface area (Å²) in [7, 11) is 1.94. The number of nitrogens with zero attached hydrogens (tertiary/aromatic N) is 3. The van der Waals surface area contributed by atoms with Crippen molar-refractivity contribution in [3.63, 3.8) is 0 Å². The van der Waals surface area contributed by atoms with Gasteiger partial charge in [0.25, 0.3) is 0 Å². The minimum atomic E-state index is 0.591. The highest BCUT2D eigenvalue weighted by molar-refractivity contribution is 5.80. The molecule has 0 bridgehead atoms. The minimum absolute atomic E-state index is 0.591. The van der Waals surface area contributed by atoms with Gasteiger partial charge in [-0.25, -0.2) is 4.98 Å². The zero-order valence-electron chi connectivity index (χ0n) is 9.98. The Morgan fingerprint density at radius 1 is 1.53 bits per heavy atom. The molecule has 0 saturated heterocycles. The lowest BCUT2D eigenvalue weighted by atomic mass is 10.2. The van der Waals surface area contributed by atoms with Gasteiger partial charge in [0.1, 0.15) is 5.65 Å². The van der Waals surface area contributed by atoms with E-state index in [1.54, 1.807) is 0 Å². The Morgan fingerprint density at radius 2 is 2.41 bits per heavy atom. The first-order valence-electron chi connectivity index (χ1n) is 5.81.